The van der Waals surface area contributed by atoms with E-state index in [-0.39, 0.29) is 37.9 Å². The van der Waals surface area contributed by atoms with Crippen molar-refractivity contribution in [1.29, 1.82) is 0 Å². The molecule has 8 heteroatoms. The smallest absolute Gasteiger partial charge is 0.123 e. The number of nitrogens with one attached hydrogen (secondary N) is 2. The first-order chi connectivity index (χ1) is 15.5. The fourth-order valence-electron chi connectivity index (χ4n) is 2.74. The third-order valence-corrected chi connectivity index (χ3v) is 4.48. The highest BCUT2D eigenvalue weighted by Gasteiger charge is 2.08. The molecule has 0 radical (unpaired) electrons. The van der Waals surface area contributed by atoms with E-state index in [4.69, 9.17) is 9.47 Å². The van der Waals surface area contributed by atoms with Crippen LogP contribution in [0.4, 0.5) is 20.2 Å². The number of hydrogen-bond donors (Lipinski definition) is 4. The summed E-state index contributed by atoms with van der Waals surface area (Å²) < 4.78 is 36.9. The summed E-state index contributed by atoms with van der Waals surface area (Å²) in [6.07, 6.45) is -1.50. The number of aliphatic hydroxyl groups is 2. The maximum Gasteiger partial charge on any atom is 0.123 e. The molecule has 0 aliphatic rings. The second-order valence-corrected chi connectivity index (χ2v) is 7.18. The van der Waals surface area contributed by atoms with Crippen LogP contribution in [0.3, 0.4) is 0 Å². The molecule has 3 aromatic carbocycles. The van der Waals surface area contributed by atoms with Gasteiger partial charge in [0.2, 0.25) is 0 Å². The Balaban J connectivity index is 1.33. The van der Waals surface area contributed by atoms with Gasteiger partial charge in [0.25, 0.3) is 0 Å². The van der Waals surface area contributed by atoms with Crippen LogP contribution in [0, 0.1) is 11.6 Å². The minimum Gasteiger partial charge on any atom is -0.491 e. The van der Waals surface area contributed by atoms with Gasteiger partial charge < -0.3 is 30.3 Å². The van der Waals surface area contributed by atoms with Crippen molar-refractivity contribution in [2.24, 2.45) is 0 Å². The van der Waals surface area contributed by atoms with Crippen LogP contribution in [0.1, 0.15) is 0 Å². The van der Waals surface area contributed by atoms with Gasteiger partial charge in [-0.1, -0.05) is 0 Å². The van der Waals surface area contributed by atoms with Crippen LogP contribution < -0.4 is 20.1 Å². The van der Waals surface area contributed by atoms with E-state index < -0.39 is 12.2 Å². The minimum atomic E-state index is -0.750. The van der Waals surface area contributed by atoms with Crippen LogP contribution in [0.5, 0.6) is 11.5 Å². The van der Waals surface area contributed by atoms with Crippen molar-refractivity contribution in [3.8, 4) is 11.5 Å². The molecule has 0 saturated carbocycles. The summed E-state index contributed by atoms with van der Waals surface area (Å²) in [5.74, 6) is 0.500. The molecule has 0 aliphatic heterocycles. The van der Waals surface area contributed by atoms with Gasteiger partial charge in [-0.15, -0.1) is 0 Å². The number of ether oxygens (including phenoxy) is 2. The summed E-state index contributed by atoms with van der Waals surface area (Å²) >= 11 is 0. The van der Waals surface area contributed by atoms with E-state index in [0.717, 1.165) is 0 Å². The third kappa shape index (κ3) is 8.05. The van der Waals surface area contributed by atoms with E-state index in [2.05, 4.69) is 10.6 Å². The van der Waals surface area contributed by atoms with Crippen LogP contribution in [-0.4, -0.2) is 48.7 Å². The predicted molar refractivity (Wildman–Crippen MR) is 119 cm³/mol. The standard InChI is InChI=1S/C24H26F2N2O4/c25-17-1-5-19(6-2-17)27-13-21(29)15-31-23-9-11-24(12-10-23)32-16-22(30)14-28-20-7-3-18(26)4-8-20/h1-12,21-22,27-30H,13-16H2/t21-,22-/m0/s1. The lowest BCUT2D eigenvalue weighted by Crippen LogP contribution is -2.26. The fraction of sp³-hybridized carbons (Fsp3) is 0.250. The van der Waals surface area contributed by atoms with Crippen LogP contribution in [-0.2, 0) is 0 Å². The third-order valence-electron chi connectivity index (χ3n) is 4.48. The van der Waals surface area contributed by atoms with Crippen molar-refractivity contribution in [1.82, 2.24) is 0 Å². The maximum atomic E-state index is 12.9. The molecule has 6 nitrogen and oxygen atoms in total. The molecule has 0 unspecified atom stereocenters. The molecule has 0 aromatic heterocycles. The van der Waals surface area contributed by atoms with E-state index >= 15 is 0 Å². The molecule has 32 heavy (non-hydrogen) atoms. The molecule has 0 aliphatic carbocycles. The average Bonchev–Trinajstić information content (AvgIpc) is 2.81. The lowest BCUT2D eigenvalue weighted by Gasteiger charge is -2.15. The zero-order valence-corrected chi connectivity index (χ0v) is 17.4. The topological polar surface area (TPSA) is 83.0 Å². The Morgan fingerprint density at radius 1 is 0.594 bits per heavy atom. The number of benzene rings is 3. The van der Waals surface area contributed by atoms with Gasteiger partial charge in [0, 0.05) is 24.5 Å². The van der Waals surface area contributed by atoms with Crippen LogP contribution >= 0.6 is 0 Å². The lowest BCUT2D eigenvalue weighted by atomic mass is 10.3. The van der Waals surface area contributed by atoms with E-state index in [1.165, 1.54) is 24.3 Å². The Morgan fingerprint density at radius 2 is 0.938 bits per heavy atom. The number of anilines is 2. The van der Waals surface area contributed by atoms with Crippen molar-refractivity contribution in [2.45, 2.75) is 12.2 Å². The lowest BCUT2D eigenvalue weighted by molar-refractivity contribution is 0.115. The van der Waals surface area contributed by atoms with Gasteiger partial charge in [-0.05, 0) is 72.8 Å². The summed E-state index contributed by atoms with van der Waals surface area (Å²) in [6, 6.07) is 18.6. The number of rotatable bonds is 12. The molecule has 0 heterocycles. The van der Waals surface area contributed by atoms with Crippen molar-refractivity contribution in [3.05, 3.63) is 84.4 Å². The highest BCUT2D eigenvalue weighted by molar-refractivity contribution is 5.43. The van der Waals surface area contributed by atoms with Crippen LogP contribution in [0.25, 0.3) is 0 Å². The number of halogens is 2. The Kier molecular flexibility index (Phi) is 8.65. The molecular weight excluding hydrogens is 418 g/mol. The van der Waals surface area contributed by atoms with Crippen molar-refractivity contribution >= 4 is 11.4 Å². The predicted octanol–water partition coefficient (Wildman–Crippen LogP) is 3.67. The molecule has 0 saturated heterocycles. The van der Waals surface area contributed by atoms with Crippen LogP contribution in [0.2, 0.25) is 0 Å². The van der Waals surface area contributed by atoms with E-state index in [9.17, 15) is 19.0 Å². The first-order valence-electron chi connectivity index (χ1n) is 10.2. The van der Waals surface area contributed by atoms with Crippen LogP contribution in [0.15, 0.2) is 72.8 Å². The van der Waals surface area contributed by atoms with Gasteiger partial charge in [0.05, 0.1) is 0 Å². The second kappa shape index (κ2) is 11.9. The van der Waals surface area contributed by atoms with Crippen molar-refractivity contribution < 1.29 is 28.5 Å². The largest absolute Gasteiger partial charge is 0.491 e. The Morgan fingerprint density at radius 3 is 1.28 bits per heavy atom. The first-order valence-corrected chi connectivity index (χ1v) is 10.2. The van der Waals surface area contributed by atoms with E-state index in [1.54, 1.807) is 48.5 Å². The van der Waals surface area contributed by atoms with Gasteiger partial charge >= 0.3 is 0 Å². The molecule has 0 amide bonds. The highest BCUT2D eigenvalue weighted by atomic mass is 19.1. The Hall–Kier alpha value is -3.36. The Bertz CT molecular complexity index is 859. The number of hydrogen-bond acceptors (Lipinski definition) is 6. The fourth-order valence-corrected chi connectivity index (χ4v) is 2.74. The minimum absolute atomic E-state index is 0.0855. The van der Waals surface area contributed by atoms with Gasteiger partial charge in [-0.3, -0.25) is 0 Å². The quantitative estimate of drug-likeness (QED) is 0.341. The molecule has 0 fully saturated rings. The van der Waals surface area contributed by atoms with Gasteiger partial charge in [-0.25, -0.2) is 8.78 Å². The molecule has 0 bridgehead atoms. The molecule has 3 rings (SSSR count). The summed E-state index contributed by atoms with van der Waals surface area (Å²) in [5.41, 5.74) is 1.42. The number of aliphatic hydroxyl groups excluding tert-OH is 2. The average molecular weight is 444 g/mol. The maximum absolute atomic E-state index is 12.9. The van der Waals surface area contributed by atoms with Gasteiger partial charge in [0.1, 0.15) is 48.6 Å². The van der Waals surface area contributed by atoms with Crippen molar-refractivity contribution in [2.75, 3.05) is 36.9 Å². The van der Waals surface area contributed by atoms with Gasteiger partial charge in [0.15, 0.2) is 0 Å². The Labute approximate surface area is 185 Å². The molecule has 2 atom stereocenters. The summed E-state index contributed by atoms with van der Waals surface area (Å²) in [7, 11) is 0. The molecular formula is C24H26F2N2O4. The monoisotopic (exact) mass is 444 g/mol. The second-order valence-electron chi connectivity index (χ2n) is 7.18. The van der Waals surface area contributed by atoms with Crippen molar-refractivity contribution in [3.63, 3.8) is 0 Å². The molecule has 0 spiro atoms. The molecule has 3 aromatic rings. The molecule has 170 valence electrons. The molecule has 4 N–H and O–H groups in total. The van der Waals surface area contributed by atoms with E-state index in [0.29, 0.717) is 22.9 Å². The normalized spacial score (nSPS) is 12.6. The van der Waals surface area contributed by atoms with Gasteiger partial charge in [-0.2, -0.15) is 0 Å². The highest BCUT2D eigenvalue weighted by Crippen LogP contribution is 2.18. The SMILES string of the molecule is O[C@@H](CNc1ccc(F)cc1)COc1ccc(OC[C@@H](O)CNc2ccc(F)cc2)cc1. The summed E-state index contributed by atoms with van der Waals surface area (Å²) in [4.78, 5) is 0. The summed E-state index contributed by atoms with van der Waals surface area (Å²) in [5, 5.41) is 26.1. The van der Waals surface area contributed by atoms with E-state index in [1.807, 2.05) is 0 Å². The summed E-state index contributed by atoms with van der Waals surface area (Å²) in [6.45, 7) is 0.692. The zero-order chi connectivity index (χ0) is 22.8. The zero-order valence-electron chi connectivity index (χ0n) is 17.4. The first kappa shape index (κ1) is 23.3.